The number of ether oxygens (including phenoxy) is 1. The first-order valence-electron chi connectivity index (χ1n) is 5.58. The average molecular weight is 264 g/mol. The number of aryl methyl sites for hydroxylation is 1. The van der Waals surface area contributed by atoms with Gasteiger partial charge in [-0.2, -0.15) is 11.3 Å². The predicted molar refractivity (Wildman–Crippen MR) is 69.9 cm³/mol. The van der Waals surface area contributed by atoms with E-state index < -0.39 is 5.82 Å². The standard InChI is InChI=1S/C14H13FO2S/c1-17-14-5-3-11(8-12(14)15)13(16)4-2-10-6-7-18-9-10/h3,5-9H,2,4H2,1H3. The van der Waals surface area contributed by atoms with Crippen molar-refractivity contribution in [1.29, 1.82) is 0 Å². The molecule has 94 valence electrons. The Morgan fingerprint density at radius 2 is 2.22 bits per heavy atom. The van der Waals surface area contributed by atoms with Crippen molar-refractivity contribution >= 4 is 17.1 Å². The highest BCUT2D eigenvalue weighted by molar-refractivity contribution is 7.07. The number of carbonyl (C=O) groups is 1. The quantitative estimate of drug-likeness (QED) is 0.769. The molecule has 0 aliphatic rings. The Morgan fingerprint density at radius 3 is 2.83 bits per heavy atom. The zero-order chi connectivity index (χ0) is 13.0. The van der Waals surface area contributed by atoms with Gasteiger partial charge in [-0.1, -0.05) is 0 Å². The van der Waals surface area contributed by atoms with Crippen LogP contribution in [0.3, 0.4) is 0 Å². The zero-order valence-corrected chi connectivity index (χ0v) is 10.8. The molecule has 0 atom stereocenters. The minimum absolute atomic E-state index is 0.0530. The van der Waals surface area contributed by atoms with Gasteiger partial charge in [-0.25, -0.2) is 4.39 Å². The van der Waals surface area contributed by atoms with Gasteiger partial charge in [0.15, 0.2) is 17.3 Å². The van der Waals surface area contributed by atoms with Crippen LogP contribution in [0.4, 0.5) is 4.39 Å². The number of ketones is 1. The number of carbonyl (C=O) groups excluding carboxylic acids is 1. The van der Waals surface area contributed by atoms with Crippen molar-refractivity contribution in [2.45, 2.75) is 12.8 Å². The highest BCUT2D eigenvalue weighted by atomic mass is 32.1. The van der Waals surface area contributed by atoms with E-state index in [1.807, 2.05) is 16.8 Å². The maximum absolute atomic E-state index is 13.4. The third-order valence-electron chi connectivity index (χ3n) is 2.69. The first-order valence-corrected chi connectivity index (χ1v) is 6.53. The molecule has 0 bridgehead atoms. The number of thiophene rings is 1. The van der Waals surface area contributed by atoms with Crippen LogP contribution < -0.4 is 4.74 Å². The van der Waals surface area contributed by atoms with Gasteiger partial charge in [0, 0.05) is 12.0 Å². The molecule has 0 unspecified atom stereocenters. The molecule has 18 heavy (non-hydrogen) atoms. The summed E-state index contributed by atoms with van der Waals surface area (Å²) in [6.07, 6.45) is 1.08. The van der Waals surface area contributed by atoms with Crippen LogP contribution in [-0.2, 0) is 6.42 Å². The molecule has 0 aliphatic heterocycles. The molecular formula is C14H13FO2S. The van der Waals surface area contributed by atoms with Gasteiger partial charge in [-0.05, 0) is 47.0 Å². The average Bonchev–Trinajstić information content (AvgIpc) is 2.89. The summed E-state index contributed by atoms with van der Waals surface area (Å²) in [4.78, 5) is 11.9. The van der Waals surface area contributed by atoms with Crippen LogP contribution >= 0.6 is 11.3 Å². The van der Waals surface area contributed by atoms with Crippen molar-refractivity contribution in [3.8, 4) is 5.75 Å². The fourth-order valence-electron chi connectivity index (χ4n) is 1.68. The van der Waals surface area contributed by atoms with E-state index in [2.05, 4.69) is 0 Å². The molecule has 0 radical (unpaired) electrons. The van der Waals surface area contributed by atoms with Crippen LogP contribution in [0.1, 0.15) is 22.3 Å². The summed E-state index contributed by atoms with van der Waals surface area (Å²) in [6, 6.07) is 6.30. The van der Waals surface area contributed by atoms with Crippen molar-refractivity contribution in [3.05, 3.63) is 52.0 Å². The lowest BCUT2D eigenvalue weighted by Crippen LogP contribution is -2.02. The van der Waals surface area contributed by atoms with Gasteiger partial charge in [0.1, 0.15) is 0 Å². The van der Waals surface area contributed by atoms with Gasteiger partial charge < -0.3 is 4.74 Å². The number of methoxy groups -OCH3 is 1. The molecule has 0 spiro atoms. The van der Waals surface area contributed by atoms with E-state index in [-0.39, 0.29) is 11.5 Å². The van der Waals surface area contributed by atoms with Crippen molar-refractivity contribution in [2.75, 3.05) is 7.11 Å². The van der Waals surface area contributed by atoms with Crippen molar-refractivity contribution < 1.29 is 13.9 Å². The van der Waals surface area contributed by atoms with Gasteiger partial charge in [0.25, 0.3) is 0 Å². The van der Waals surface area contributed by atoms with Gasteiger partial charge >= 0.3 is 0 Å². The normalized spacial score (nSPS) is 10.3. The van der Waals surface area contributed by atoms with E-state index in [1.54, 1.807) is 17.4 Å². The molecule has 2 nitrogen and oxygen atoms in total. The summed E-state index contributed by atoms with van der Waals surface area (Å²) in [7, 11) is 1.40. The second-order valence-electron chi connectivity index (χ2n) is 3.90. The van der Waals surface area contributed by atoms with Crippen molar-refractivity contribution in [1.82, 2.24) is 0 Å². The van der Waals surface area contributed by atoms with Crippen LogP contribution in [-0.4, -0.2) is 12.9 Å². The van der Waals surface area contributed by atoms with E-state index in [4.69, 9.17) is 4.74 Å². The smallest absolute Gasteiger partial charge is 0.165 e. The molecule has 1 aromatic carbocycles. The Hall–Kier alpha value is -1.68. The number of hydrogen-bond acceptors (Lipinski definition) is 3. The Kier molecular flexibility index (Phi) is 4.10. The minimum Gasteiger partial charge on any atom is -0.494 e. The van der Waals surface area contributed by atoms with Gasteiger partial charge in [0.2, 0.25) is 0 Å². The molecule has 0 saturated carbocycles. The summed E-state index contributed by atoms with van der Waals surface area (Å²) in [5.74, 6) is -0.397. The second kappa shape index (κ2) is 5.78. The topological polar surface area (TPSA) is 26.3 Å². The summed E-state index contributed by atoms with van der Waals surface area (Å²) in [5, 5.41) is 3.99. The molecule has 0 amide bonds. The fourth-order valence-corrected chi connectivity index (χ4v) is 2.38. The third-order valence-corrected chi connectivity index (χ3v) is 3.43. The van der Waals surface area contributed by atoms with Gasteiger partial charge in [0.05, 0.1) is 7.11 Å². The van der Waals surface area contributed by atoms with E-state index in [1.165, 1.54) is 19.2 Å². The van der Waals surface area contributed by atoms with E-state index in [0.29, 0.717) is 18.4 Å². The molecule has 0 fully saturated rings. The third kappa shape index (κ3) is 2.96. The maximum Gasteiger partial charge on any atom is 0.165 e. The maximum atomic E-state index is 13.4. The Labute approximate surface area is 109 Å². The molecular weight excluding hydrogens is 251 g/mol. The lowest BCUT2D eigenvalue weighted by atomic mass is 10.0. The Bertz CT molecular complexity index is 535. The number of Topliss-reactive ketones (excluding diaryl/α,β-unsaturated/α-hetero) is 1. The molecule has 2 rings (SSSR count). The number of hydrogen-bond donors (Lipinski definition) is 0. The first-order chi connectivity index (χ1) is 8.70. The lowest BCUT2D eigenvalue weighted by Gasteiger charge is -2.04. The van der Waals surface area contributed by atoms with Crippen LogP contribution in [0, 0.1) is 5.82 Å². The highest BCUT2D eigenvalue weighted by Gasteiger charge is 2.10. The van der Waals surface area contributed by atoms with Crippen molar-refractivity contribution in [2.24, 2.45) is 0 Å². The monoisotopic (exact) mass is 264 g/mol. The molecule has 0 aliphatic carbocycles. The molecule has 1 heterocycles. The van der Waals surface area contributed by atoms with E-state index >= 15 is 0 Å². The van der Waals surface area contributed by atoms with E-state index in [9.17, 15) is 9.18 Å². The summed E-state index contributed by atoms with van der Waals surface area (Å²) in [6.45, 7) is 0. The Morgan fingerprint density at radius 1 is 1.39 bits per heavy atom. The van der Waals surface area contributed by atoms with Gasteiger partial charge in [-0.15, -0.1) is 0 Å². The predicted octanol–water partition coefficient (Wildman–Crippen LogP) is 3.71. The van der Waals surface area contributed by atoms with Crippen LogP contribution in [0.5, 0.6) is 5.75 Å². The number of benzene rings is 1. The fraction of sp³-hybridized carbons (Fsp3) is 0.214. The lowest BCUT2D eigenvalue weighted by molar-refractivity contribution is 0.0982. The van der Waals surface area contributed by atoms with Crippen LogP contribution in [0.2, 0.25) is 0 Å². The highest BCUT2D eigenvalue weighted by Crippen LogP contribution is 2.19. The molecule has 2 aromatic rings. The molecule has 4 heteroatoms. The summed E-state index contributed by atoms with van der Waals surface area (Å²) >= 11 is 1.61. The summed E-state index contributed by atoms with van der Waals surface area (Å²) in [5.41, 5.74) is 1.53. The number of rotatable bonds is 5. The van der Waals surface area contributed by atoms with E-state index in [0.717, 1.165) is 5.56 Å². The molecule has 0 N–H and O–H groups in total. The van der Waals surface area contributed by atoms with Crippen LogP contribution in [0.25, 0.3) is 0 Å². The second-order valence-corrected chi connectivity index (χ2v) is 4.68. The minimum atomic E-state index is -0.501. The first kappa shape index (κ1) is 12.8. The largest absolute Gasteiger partial charge is 0.494 e. The number of halogens is 1. The summed E-state index contributed by atoms with van der Waals surface area (Å²) < 4.78 is 18.3. The van der Waals surface area contributed by atoms with Crippen LogP contribution in [0.15, 0.2) is 35.0 Å². The molecule has 0 saturated heterocycles. The SMILES string of the molecule is COc1ccc(C(=O)CCc2ccsc2)cc1F. The van der Waals surface area contributed by atoms with Gasteiger partial charge in [-0.3, -0.25) is 4.79 Å². The van der Waals surface area contributed by atoms with Crippen molar-refractivity contribution in [3.63, 3.8) is 0 Å². The molecule has 1 aromatic heterocycles. The zero-order valence-electron chi connectivity index (χ0n) is 9.98. The Balaban J connectivity index is 2.02.